The summed E-state index contributed by atoms with van der Waals surface area (Å²) < 4.78 is 16.5. The Kier molecular flexibility index (Phi) is 6.83. The Morgan fingerprint density at radius 1 is 0.933 bits per heavy atom. The van der Waals surface area contributed by atoms with E-state index in [2.05, 4.69) is 5.32 Å². The van der Waals surface area contributed by atoms with E-state index in [0.29, 0.717) is 23.6 Å². The molecule has 0 aliphatic rings. The van der Waals surface area contributed by atoms with Gasteiger partial charge < -0.3 is 19.5 Å². The molecule has 154 valence electrons. The average molecular weight is 408 g/mol. The molecule has 1 N–H and O–H groups in total. The summed E-state index contributed by atoms with van der Waals surface area (Å²) >= 11 is 0. The summed E-state index contributed by atoms with van der Waals surface area (Å²) in [5.41, 5.74) is 0.500. The van der Waals surface area contributed by atoms with Gasteiger partial charge in [0.15, 0.2) is 0 Å². The number of hydrogen-bond acceptors (Lipinski definition) is 6. The molecular formula is C22H20N2O6. The number of anilines is 1. The van der Waals surface area contributed by atoms with Crippen molar-refractivity contribution in [2.75, 3.05) is 25.6 Å². The highest BCUT2D eigenvalue weighted by molar-refractivity contribution is 6.07. The lowest BCUT2D eigenvalue weighted by Gasteiger charge is -2.13. The third-order valence-corrected chi connectivity index (χ3v) is 4.13. The van der Waals surface area contributed by atoms with Crippen LogP contribution >= 0.6 is 0 Å². The highest BCUT2D eigenvalue weighted by atomic mass is 16.6. The molecule has 0 saturated heterocycles. The van der Waals surface area contributed by atoms with Gasteiger partial charge in [-0.3, -0.25) is 14.9 Å². The average Bonchev–Trinajstić information content (AvgIpc) is 2.77. The van der Waals surface area contributed by atoms with Crippen molar-refractivity contribution in [2.45, 2.75) is 0 Å². The number of nitrogens with zero attached hydrogens (tertiary/aromatic N) is 1. The Balaban J connectivity index is 1.66. The summed E-state index contributed by atoms with van der Waals surface area (Å²) in [5, 5.41) is 13.6. The third kappa shape index (κ3) is 5.26. The summed E-state index contributed by atoms with van der Waals surface area (Å²) in [6, 6.07) is 20.1. The van der Waals surface area contributed by atoms with Crippen LogP contribution < -0.4 is 19.5 Å². The van der Waals surface area contributed by atoms with Gasteiger partial charge in [0.05, 0.1) is 29.4 Å². The Morgan fingerprint density at radius 3 is 2.37 bits per heavy atom. The van der Waals surface area contributed by atoms with Gasteiger partial charge in [-0.2, -0.15) is 0 Å². The number of para-hydroxylation sites is 2. The van der Waals surface area contributed by atoms with Crippen LogP contribution in [0.2, 0.25) is 0 Å². The van der Waals surface area contributed by atoms with E-state index in [1.165, 1.54) is 25.3 Å². The zero-order chi connectivity index (χ0) is 21.3. The molecule has 8 heteroatoms. The maximum Gasteiger partial charge on any atom is 0.273 e. The molecule has 30 heavy (non-hydrogen) atoms. The Morgan fingerprint density at radius 2 is 1.63 bits per heavy atom. The third-order valence-electron chi connectivity index (χ3n) is 4.13. The zero-order valence-corrected chi connectivity index (χ0v) is 16.2. The van der Waals surface area contributed by atoms with Crippen LogP contribution in [0.5, 0.6) is 17.2 Å². The second-order valence-electron chi connectivity index (χ2n) is 6.10. The number of benzene rings is 3. The number of ether oxygens (including phenoxy) is 3. The van der Waals surface area contributed by atoms with Gasteiger partial charge in [0.25, 0.3) is 11.6 Å². The van der Waals surface area contributed by atoms with Gasteiger partial charge in [-0.25, -0.2) is 0 Å². The highest BCUT2D eigenvalue weighted by Gasteiger charge is 2.17. The van der Waals surface area contributed by atoms with Gasteiger partial charge in [-0.1, -0.05) is 30.3 Å². The van der Waals surface area contributed by atoms with Crippen molar-refractivity contribution in [3.8, 4) is 17.2 Å². The summed E-state index contributed by atoms with van der Waals surface area (Å²) in [4.78, 5) is 23.2. The Labute approximate surface area is 173 Å². The van der Waals surface area contributed by atoms with Crippen molar-refractivity contribution >= 4 is 17.3 Å². The molecule has 0 saturated carbocycles. The first-order valence-electron chi connectivity index (χ1n) is 9.12. The normalized spacial score (nSPS) is 10.2. The van der Waals surface area contributed by atoms with E-state index >= 15 is 0 Å². The Hall–Kier alpha value is -4.07. The molecule has 0 aromatic heterocycles. The SMILES string of the molecule is COc1cc([N+](=O)[O-])ccc1NC(=O)c1ccccc1OCCOc1ccccc1. The number of non-ortho nitro benzene ring substituents is 1. The topological polar surface area (TPSA) is 99.9 Å². The van der Waals surface area contributed by atoms with E-state index in [4.69, 9.17) is 14.2 Å². The van der Waals surface area contributed by atoms with E-state index in [0.717, 1.165) is 5.75 Å². The lowest BCUT2D eigenvalue weighted by molar-refractivity contribution is -0.384. The summed E-state index contributed by atoms with van der Waals surface area (Å²) in [6.07, 6.45) is 0. The van der Waals surface area contributed by atoms with Gasteiger partial charge >= 0.3 is 0 Å². The van der Waals surface area contributed by atoms with E-state index in [-0.39, 0.29) is 18.0 Å². The molecule has 0 aliphatic carbocycles. The molecule has 3 aromatic rings. The lowest BCUT2D eigenvalue weighted by atomic mass is 10.1. The second-order valence-corrected chi connectivity index (χ2v) is 6.10. The van der Waals surface area contributed by atoms with Crippen LogP contribution in [0.25, 0.3) is 0 Å². The lowest BCUT2D eigenvalue weighted by Crippen LogP contribution is -2.16. The monoisotopic (exact) mass is 408 g/mol. The molecular weight excluding hydrogens is 388 g/mol. The van der Waals surface area contributed by atoms with Gasteiger partial charge in [-0.15, -0.1) is 0 Å². The molecule has 3 aromatic carbocycles. The molecule has 0 bridgehead atoms. The molecule has 0 fully saturated rings. The van der Waals surface area contributed by atoms with Crippen LogP contribution in [0.15, 0.2) is 72.8 Å². The van der Waals surface area contributed by atoms with E-state index in [1.54, 1.807) is 24.3 Å². The quantitative estimate of drug-likeness (QED) is 0.322. The predicted molar refractivity (Wildman–Crippen MR) is 111 cm³/mol. The number of nitro groups is 1. The highest BCUT2D eigenvalue weighted by Crippen LogP contribution is 2.30. The Bertz CT molecular complexity index is 1020. The molecule has 0 heterocycles. The maximum absolute atomic E-state index is 12.8. The second kappa shape index (κ2) is 9.92. The number of nitro benzene ring substituents is 1. The maximum atomic E-state index is 12.8. The van der Waals surface area contributed by atoms with Crippen molar-refractivity contribution < 1.29 is 23.9 Å². The van der Waals surface area contributed by atoms with Crippen molar-refractivity contribution in [3.63, 3.8) is 0 Å². The van der Waals surface area contributed by atoms with Crippen LogP contribution in [0, 0.1) is 10.1 Å². The minimum atomic E-state index is -0.533. The number of amides is 1. The molecule has 0 spiro atoms. The largest absolute Gasteiger partial charge is 0.494 e. The van der Waals surface area contributed by atoms with Crippen molar-refractivity contribution in [2.24, 2.45) is 0 Å². The van der Waals surface area contributed by atoms with Crippen LogP contribution in [0.1, 0.15) is 10.4 Å². The fourth-order valence-electron chi connectivity index (χ4n) is 2.69. The van der Waals surface area contributed by atoms with Gasteiger partial charge in [0.2, 0.25) is 0 Å². The first-order chi connectivity index (χ1) is 14.6. The summed E-state index contributed by atoms with van der Waals surface area (Å²) in [7, 11) is 1.37. The molecule has 0 aliphatic heterocycles. The van der Waals surface area contributed by atoms with E-state index < -0.39 is 10.8 Å². The number of methoxy groups -OCH3 is 1. The fourth-order valence-corrected chi connectivity index (χ4v) is 2.69. The van der Waals surface area contributed by atoms with E-state index in [1.807, 2.05) is 30.3 Å². The van der Waals surface area contributed by atoms with Crippen molar-refractivity contribution in [1.82, 2.24) is 0 Å². The molecule has 8 nitrogen and oxygen atoms in total. The fraction of sp³-hybridized carbons (Fsp3) is 0.136. The number of carbonyl (C=O) groups is 1. The molecule has 0 atom stereocenters. The number of rotatable bonds is 9. The molecule has 1 amide bonds. The zero-order valence-electron chi connectivity index (χ0n) is 16.2. The molecule has 3 rings (SSSR count). The molecule has 0 radical (unpaired) electrons. The first-order valence-corrected chi connectivity index (χ1v) is 9.12. The van der Waals surface area contributed by atoms with E-state index in [9.17, 15) is 14.9 Å². The number of hydrogen-bond donors (Lipinski definition) is 1. The molecule has 0 unspecified atom stereocenters. The number of nitrogens with one attached hydrogen (secondary N) is 1. The van der Waals surface area contributed by atoms with Gasteiger partial charge in [-0.05, 0) is 30.3 Å². The van der Waals surface area contributed by atoms with Crippen LogP contribution in [0.4, 0.5) is 11.4 Å². The minimum absolute atomic E-state index is 0.132. The number of carbonyl (C=O) groups excluding carboxylic acids is 1. The summed E-state index contributed by atoms with van der Waals surface area (Å²) in [5.74, 6) is 0.888. The predicted octanol–water partition coefficient (Wildman–Crippen LogP) is 4.31. The summed E-state index contributed by atoms with van der Waals surface area (Å²) in [6.45, 7) is 0.566. The first kappa shape index (κ1) is 20.7. The standard InChI is InChI=1S/C22H20N2O6/c1-28-21-15-16(24(26)27)11-12-19(21)23-22(25)18-9-5-6-10-20(18)30-14-13-29-17-7-3-2-4-8-17/h2-12,15H,13-14H2,1H3,(H,23,25). The minimum Gasteiger partial charge on any atom is -0.494 e. The van der Waals surface area contributed by atoms with Gasteiger partial charge in [0.1, 0.15) is 30.5 Å². The van der Waals surface area contributed by atoms with Crippen molar-refractivity contribution in [3.05, 3.63) is 88.5 Å². The van der Waals surface area contributed by atoms with Crippen molar-refractivity contribution in [1.29, 1.82) is 0 Å². The van der Waals surface area contributed by atoms with Crippen LogP contribution in [-0.4, -0.2) is 31.2 Å². The smallest absolute Gasteiger partial charge is 0.273 e. The van der Waals surface area contributed by atoms with Gasteiger partial charge in [0, 0.05) is 6.07 Å². The van der Waals surface area contributed by atoms with Crippen LogP contribution in [0.3, 0.4) is 0 Å². The van der Waals surface area contributed by atoms with Crippen LogP contribution in [-0.2, 0) is 0 Å².